The second-order valence-corrected chi connectivity index (χ2v) is 36.6. The first-order valence-electron chi connectivity index (χ1n) is 46.9. The average molecular weight is 2050 g/mol. The highest BCUT2D eigenvalue weighted by Gasteiger charge is 2.43. The number of carbonyl (C=O) groups is 16. The van der Waals surface area contributed by atoms with E-state index in [1.54, 1.807) is 36.4 Å². The number of hydrogen-bond donors (Lipinski definition) is 31. The second-order valence-electron chi connectivity index (χ2n) is 34.1. The van der Waals surface area contributed by atoms with Gasteiger partial charge in [-0.15, -0.1) is 0 Å². The van der Waals surface area contributed by atoms with Gasteiger partial charge in [0, 0.05) is 76.7 Å². The number of nitrogens with two attached hydrogens (primary N) is 14. The first-order chi connectivity index (χ1) is 68.6. The largest absolute Gasteiger partial charge is 0.508 e. The second kappa shape index (κ2) is 62.2. The maximum Gasteiger partial charge on any atom is 0.326 e. The molecule has 0 unspecified atom stereocenters. The van der Waals surface area contributed by atoms with Gasteiger partial charge in [0.05, 0.1) is 6.04 Å². The molecule has 144 heavy (non-hydrogen) atoms. The number of urea groups is 2. The molecule has 0 radical (unpaired) electrons. The molecule has 0 aromatic heterocycles. The third-order valence-corrected chi connectivity index (χ3v) is 25.1. The Bertz CT molecular complexity index is 5140. The van der Waals surface area contributed by atoms with Crippen molar-refractivity contribution in [2.45, 2.75) is 219 Å². The number of hydrogen-bond acceptors (Lipinski definition) is 27. The fraction of sp³-hybridized carbons (Fsp3) is 0.517. The van der Waals surface area contributed by atoms with Crippen LogP contribution in [0, 0.1) is 0 Å². The zero-order valence-corrected chi connectivity index (χ0v) is 81.5. The van der Waals surface area contributed by atoms with E-state index in [2.05, 4.69) is 99.4 Å². The zero-order chi connectivity index (χ0) is 106. The Hall–Kier alpha value is -15.2. The molecular weight excluding hydrogens is 1910 g/mol. The normalized spacial score (nSPS) is 20.1. The average Bonchev–Trinajstić information content (AvgIpc) is 1.61. The summed E-state index contributed by atoms with van der Waals surface area (Å²) in [5.41, 5.74) is 80.4. The number of fused-ring (bicyclic) bond motifs is 2. The number of amides is 17. The number of carbonyl (C=O) groups excluding carboxylic acids is 15. The van der Waals surface area contributed by atoms with Crippen LogP contribution in [0.5, 0.6) is 11.5 Å². The van der Waals surface area contributed by atoms with Gasteiger partial charge in [-0.3, -0.25) is 87.3 Å². The van der Waals surface area contributed by atoms with Crippen molar-refractivity contribution in [3.63, 3.8) is 0 Å². The topological polar surface area (TPSA) is 932 Å². The quantitative estimate of drug-likeness (QED) is 0.00846. The van der Waals surface area contributed by atoms with Crippen LogP contribution in [0.4, 0.5) is 9.59 Å². The summed E-state index contributed by atoms with van der Waals surface area (Å²) in [6.45, 7) is -0.819. The van der Waals surface area contributed by atoms with Crippen LogP contribution in [0.15, 0.2) is 116 Å². The molecule has 0 spiro atoms. The van der Waals surface area contributed by atoms with Crippen LogP contribution >= 0.6 is 21.6 Å². The van der Waals surface area contributed by atoms with Crippen LogP contribution in [0.2, 0.25) is 0 Å². The summed E-state index contributed by atoms with van der Waals surface area (Å²) in [5, 5.41) is 69.7. The van der Waals surface area contributed by atoms with E-state index in [4.69, 9.17) is 80.3 Å². The number of guanidine groups is 5. The van der Waals surface area contributed by atoms with Crippen LogP contribution < -0.4 is 155 Å². The van der Waals surface area contributed by atoms with Crippen molar-refractivity contribution in [2.75, 3.05) is 70.4 Å². The summed E-state index contributed by atoms with van der Waals surface area (Å²) >= 11 is 0. The Balaban J connectivity index is 1.63. The Morgan fingerprint density at radius 1 is 0.424 bits per heavy atom. The van der Waals surface area contributed by atoms with Crippen molar-refractivity contribution in [3.8, 4) is 11.5 Å². The fourth-order valence-corrected chi connectivity index (χ4v) is 17.5. The number of primary amides is 2. The highest BCUT2D eigenvalue weighted by molar-refractivity contribution is 8.76. The molecule has 14 atom stereocenters. The van der Waals surface area contributed by atoms with Crippen molar-refractivity contribution in [3.05, 3.63) is 108 Å². The van der Waals surface area contributed by atoms with Gasteiger partial charge in [0.15, 0.2) is 29.8 Å². The van der Waals surface area contributed by atoms with E-state index in [1.807, 2.05) is 0 Å². The third-order valence-electron chi connectivity index (χ3n) is 22.7. The molecule has 55 heteroatoms. The number of aliphatic carboxylic acids is 1. The molecule has 2 aliphatic rings. The van der Waals surface area contributed by atoms with Gasteiger partial charge in [-0.25, -0.2) is 14.4 Å². The van der Waals surface area contributed by atoms with Gasteiger partial charge in [0.1, 0.15) is 90.0 Å². The van der Waals surface area contributed by atoms with Gasteiger partial charge in [-0.2, -0.15) is 0 Å². The van der Waals surface area contributed by atoms with Crippen LogP contribution in [-0.4, -0.2) is 294 Å². The maximum absolute atomic E-state index is 16.1. The zero-order valence-electron chi connectivity index (χ0n) is 79.8. The number of unbranched alkanes of at least 4 members (excludes halogenated alkanes) is 1. The maximum atomic E-state index is 16.1. The van der Waals surface area contributed by atoms with E-state index in [9.17, 15) is 34.5 Å². The van der Waals surface area contributed by atoms with E-state index in [0.29, 0.717) is 16.3 Å². The van der Waals surface area contributed by atoms with E-state index in [-0.39, 0.29) is 233 Å². The summed E-state index contributed by atoms with van der Waals surface area (Å²) < 4.78 is 0. The van der Waals surface area contributed by atoms with Crippen molar-refractivity contribution >= 4 is 157 Å². The summed E-state index contributed by atoms with van der Waals surface area (Å²) in [7, 11) is 1.44. The van der Waals surface area contributed by atoms with Gasteiger partial charge < -0.3 is 175 Å². The first-order valence-corrected chi connectivity index (χ1v) is 49.3. The lowest BCUT2D eigenvalue weighted by Gasteiger charge is -2.31. The number of phenols is 2. The molecule has 0 bridgehead atoms. The molecule has 2 saturated heterocycles. The van der Waals surface area contributed by atoms with Crippen molar-refractivity contribution in [1.29, 1.82) is 0 Å². The lowest BCUT2D eigenvalue weighted by molar-refractivity contribution is -0.142. The summed E-state index contributed by atoms with van der Waals surface area (Å²) in [4.78, 5) is 258. The molecule has 0 aliphatic carbocycles. The standard InChI is InChI=1S/C89H138N34O19S2/c90-34-4-3-16-56-72(129)116-61(21-10-41-110-89(103)142)81(138)123-42-12-23-67(123)79(136)119-64(44-49-26-32-54(125)33-27-49)76(133)115-58(18-7-37-106-85(96)97)71(128)113-59(20-9-40-109-88(102)141)73(130)120-65(77(134)117-62(82(139)140)22-11-39-108-87(100)101)46-143-144-47-66(78(135)118-63(43-48-24-30-53(124)31-25-48)75(132)114-57(70(127)112-56)17-6-36-105-84(94)95)121-80(137)68(52-29-28-50-13-1-2-14-51(50)45-52)122-74(131)60(19-8-38-107-86(98)99)111-69(126)55(91)15-5-35-104-83(92)93/h1-2,13-14,24-33,45,55-68,124-125H,3-12,15-23,34-44,46-47,90-91H2,(H,111,126)(H,112,127)(H,113,128)(H,114,132)(H,115,133)(H,116,129)(H,117,134)(H,118,135)(H,119,136)(H,120,130)(H,121,137)(H,122,131)(H,139,140)(H4,92,93,104)(H4,94,95,105)(H4,96,97,106)(H4,98,99,107)(H4,100,101,108)(H3,102,109,141)(H3,103,110,142)/t55-,56+,57-,58-,59-,60-,61-,62-,63+,64-,65+,66+,67+,68-/m0/s1. The molecule has 17 amide bonds. The number of benzene rings is 4. The highest BCUT2D eigenvalue weighted by atomic mass is 33.1. The van der Waals surface area contributed by atoms with E-state index < -0.39 is 204 Å². The smallest absolute Gasteiger partial charge is 0.326 e. The molecule has 4 aromatic carbocycles. The predicted octanol–water partition coefficient (Wildman–Crippen LogP) is -7.68. The first kappa shape index (κ1) is 118. The van der Waals surface area contributed by atoms with Crippen LogP contribution in [0.1, 0.15) is 145 Å². The van der Waals surface area contributed by atoms with Crippen molar-refractivity contribution in [1.82, 2.24) is 79.3 Å². The molecule has 0 saturated carbocycles. The minimum atomic E-state index is -1.94. The molecule has 2 heterocycles. The monoisotopic (exact) mass is 2050 g/mol. The van der Waals surface area contributed by atoms with Crippen molar-refractivity contribution in [2.24, 2.45) is 105 Å². The van der Waals surface area contributed by atoms with Gasteiger partial charge in [0.2, 0.25) is 76.8 Å². The molecule has 790 valence electrons. The highest BCUT2D eigenvalue weighted by Crippen LogP contribution is 2.28. The SMILES string of the molecule is NCCCC[C@H]1NC(=O)[C@H](CCCN=C(N)N)NC(=O)[C@@H](Cc2ccc(O)cc2)NC(=O)[C@H](NC(=O)[C@@H](NC(=O)[C@H](CCCN=C(N)N)NC(=O)[C@@H](N)CCCN=C(N)N)c2ccc3ccccc3c2)CSSC[C@H](C(=O)N[C@@H](CCCN=C(N)N)C(=O)O)NC(=O)[C@H](CCCNC(N)=O)NC(=O)[C@H](CCCN=C(N)N)NC(=O)[C@H](Cc2ccc(O)cc2)NC(=O)[C@H]2CCCN2C(=O)[C@H](CCCNC(N)=O)NC1=O. The molecule has 2 fully saturated rings. The Labute approximate surface area is 838 Å². The summed E-state index contributed by atoms with van der Waals surface area (Å²) in [6, 6.07) is -2.93. The van der Waals surface area contributed by atoms with Crippen molar-refractivity contribution < 1.29 is 92.0 Å². The minimum Gasteiger partial charge on any atom is -0.508 e. The minimum absolute atomic E-state index is 0.0203. The Morgan fingerprint density at radius 2 is 0.840 bits per heavy atom. The number of aliphatic imine (C=N–C) groups is 5. The molecule has 53 nitrogen and oxygen atoms in total. The van der Waals surface area contributed by atoms with Crippen LogP contribution in [0.3, 0.4) is 0 Å². The van der Waals surface area contributed by atoms with Gasteiger partial charge in [-0.05, 0) is 186 Å². The molecule has 6 rings (SSSR count). The number of nitrogens with one attached hydrogen (secondary N) is 14. The number of phenolic OH excluding ortho intramolecular Hbond substituents is 2. The van der Waals surface area contributed by atoms with E-state index in [1.165, 1.54) is 54.6 Å². The Morgan fingerprint density at radius 3 is 1.32 bits per heavy atom. The van der Waals surface area contributed by atoms with Crippen LogP contribution in [-0.2, 0) is 80.0 Å². The number of carboxylic acids is 1. The van der Waals surface area contributed by atoms with E-state index in [0.717, 1.165) is 26.5 Å². The van der Waals surface area contributed by atoms with Gasteiger partial charge >= 0.3 is 18.0 Å². The summed E-state index contributed by atoms with van der Waals surface area (Å²) in [6.07, 6.45) is -2.42. The molecular formula is C89H138N34O19S2. The Kier molecular flexibility index (Phi) is 50.8. The van der Waals surface area contributed by atoms with E-state index >= 15 is 57.5 Å². The number of rotatable bonds is 46. The predicted molar refractivity (Wildman–Crippen MR) is 541 cm³/mol. The summed E-state index contributed by atoms with van der Waals surface area (Å²) in [5.74, 6) is -18.4. The molecule has 45 N–H and O–H groups in total. The van der Waals surface area contributed by atoms with Crippen LogP contribution in [0.25, 0.3) is 10.8 Å². The molecule has 4 aromatic rings. The van der Waals surface area contributed by atoms with Gasteiger partial charge in [-0.1, -0.05) is 82.3 Å². The third kappa shape index (κ3) is 43.1. The fourth-order valence-electron chi connectivity index (χ4n) is 15.2. The number of nitrogens with zero attached hydrogens (tertiary/aromatic N) is 6. The van der Waals surface area contributed by atoms with Gasteiger partial charge in [0.25, 0.3) is 0 Å². The molecule has 2 aliphatic heterocycles. The number of aromatic hydroxyl groups is 2. The number of carboxylic acid groups (broad SMARTS) is 1. The lowest BCUT2D eigenvalue weighted by Crippen LogP contribution is -2.61. The lowest BCUT2D eigenvalue weighted by atomic mass is 10.00.